The maximum Gasteiger partial charge on any atom is 0.416 e. The van der Waals surface area contributed by atoms with Gasteiger partial charge in [0.25, 0.3) is 5.91 Å². The van der Waals surface area contributed by atoms with Gasteiger partial charge in [-0.05, 0) is 42.5 Å². The van der Waals surface area contributed by atoms with Crippen LogP contribution in [0.15, 0.2) is 48.5 Å². The molecular weight excluding hydrogens is 405 g/mol. The standard InChI is InChI=1S/C20H17F3N2O5/c21-20(22,23)13-2-1-3-14(9-13)24-17(26)11-30-16-6-4-15(5-7-16)25-10-12(19(28)29)8-18(25)27/h1-7,9,12H,8,10-11H2,(H,24,26)(H,28,29)/t12-/m1/s1. The van der Waals surface area contributed by atoms with Crippen LogP contribution < -0.4 is 15.0 Å². The van der Waals surface area contributed by atoms with E-state index in [9.17, 15) is 27.6 Å². The largest absolute Gasteiger partial charge is 0.484 e. The first kappa shape index (κ1) is 21.2. The average molecular weight is 422 g/mol. The fourth-order valence-corrected chi connectivity index (χ4v) is 2.96. The summed E-state index contributed by atoms with van der Waals surface area (Å²) >= 11 is 0. The topological polar surface area (TPSA) is 95.9 Å². The van der Waals surface area contributed by atoms with Gasteiger partial charge in [0.15, 0.2) is 6.61 Å². The molecule has 2 aromatic carbocycles. The van der Waals surface area contributed by atoms with Crippen LogP contribution in [0.5, 0.6) is 5.75 Å². The Balaban J connectivity index is 1.55. The van der Waals surface area contributed by atoms with Crippen molar-refractivity contribution in [3.63, 3.8) is 0 Å². The summed E-state index contributed by atoms with van der Waals surface area (Å²) in [5.41, 5.74) is -0.378. The summed E-state index contributed by atoms with van der Waals surface area (Å²) < 4.78 is 43.4. The SMILES string of the molecule is O=C(COc1ccc(N2C[C@H](C(=O)O)CC2=O)cc1)Nc1cccc(C(F)(F)F)c1. The highest BCUT2D eigenvalue weighted by atomic mass is 19.4. The highest BCUT2D eigenvalue weighted by Crippen LogP contribution is 2.31. The van der Waals surface area contributed by atoms with Crippen LogP contribution in [-0.4, -0.2) is 36.0 Å². The third kappa shape index (κ3) is 5.07. The molecule has 10 heteroatoms. The number of aliphatic carboxylic acids is 1. The Morgan fingerprint density at radius 3 is 2.47 bits per heavy atom. The summed E-state index contributed by atoms with van der Waals surface area (Å²) in [5.74, 6) is -2.42. The Hall–Kier alpha value is -3.56. The number of nitrogens with zero attached hydrogens (tertiary/aromatic N) is 1. The van der Waals surface area contributed by atoms with E-state index in [-0.39, 0.29) is 24.6 Å². The lowest BCUT2D eigenvalue weighted by Crippen LogP contribution is -2.25. The Bertz CT molecular complexity index is 960. The molecule has 1 fully saturated rings. The first-order valence-corrected chi connectivity index (χ1v) is 8.86. The van der Waals surface area contributed by atoms with Crippen LogP contribution in [0.25, 0.3) is 0 Å². The number of anilines is 2. The Kier molecular flexibility index (Phi) is 5.95. The molecule has 1 saturated heterocycles. The second kappa shape index (κ2) is 8.44. The van der Waals surface area contributed by atoms with Gasteiger partial charge in [-0.3, -0.25) is 14.4 Å². The number of nitrogens with one attached hydrogen (secondary N) is 1. The molecule has 0 saturated carbocycles. The van der Waals surface area contributed by atoms with Gasteiger partial charge in [-0.15, -0.1) is 0 Å². The van der Waals surface area contributed by atoms with Gasteiger partial charge in [0.2, 0.25) is 5.91 Å². The van der Waals surface area contributed by atoms with Crippen LogP contribution >= 0.6 is 0 Å². The quantitative estimate of drug-likeness (QED) is 0.746. The second-order valence-electron chi connectivity index (χ2n) is 6.65. The minimum absolute atomic E-state index is 0.00527. The van der Waals surface area contributed by atoms with Crippen LogP contribution in [0.2, 0.25) is 0 Å². The average Bonchev–Trinajstić information content (AvgIpc) is 3.08. The highest BCUT2D eigenvalue weighted by molar-refractivity contribution is 5.99. The zero-order valence-corrected chi connectivity index (χ0v) is 15.5. The van der Waals surface area contributed by atoms with Crippen molar-refractivity contribution in [3.05, 3.63) is 54.1 Å². The third-order valence-electron chi connectivity index (χ3n) is 4.47. The molecule has 30 heavy (non-hydrogen) atoms. The number of carbonyl (C=O) groups excluding carboxylic acids is 2. The summed E-state index contributed by atoms with van der Waals surface area (Å²) in [4.78, 5) is 36.3. The van der Waals surface area contributed by atoms with Crippen molar-refractivity contribution in [2.75, 3.05) is 23.4 Å². The smallest absolute Gasteiger partial charge is 0.416 e. The molecule has 0 unspecified atom stereocenters. The first-order chi connectivity index (χ1) is 14.1. The number of ether oxygens (including phenoxy) is 1. The second-order valence-corrected chi connectivity index (χ2v) is 6.65. The molecule has 1 heterocycles. The fraction of sp³-hybridized carbons (Fsp3) is 0.250. The summed E-state index contributed by atoms with van der Waals surface area (Å²) in [6.45, 7) is -0.354. The van der Waals surface area contributed by atoms with Gasteiger partial charge in [0.05, 0.1) is 11.5 Å². The van der Waals surface area contributed by atoms with E-state index in [1.165, 1.54) is 29.2 Å². The van der Waals surface area contributed by atoms with Crippen LogP contribution in [0, 0.1) is 5.92 Å². The Morgan fingerprint density at radius 1 is 1.17 bits per heavy atom. The minimum Gasteiger partial charge on any atom is -0.484 e. The predicted octanol–water partition coefficient (Wildman–Crippen LogP) is 3.16. The molecule has 2 amide bonds. The molecule has 1 atom stereocenters. The predicted molar refractivity (Wildman–Crippen MR) is 100 cm³/mol. The molecule has 0 spiro atoms. The van der Waals surface area contributed by atoms with Gasteiger partial charge in [-0.1, -0.05) is 6.07 Å². The summed E-state index contributed by atoms with van der Waals surface area (Å²) in [6.07, 6.45) is -4.58. The van der Waals surface area contributed by atoms with Crippen LogP contribution in [0.3, 0.4) is 0 Å². The summed E-state index contributed by atoms with van der Waals surface area (Å²) in [6, 6.07) is 10.4. The molecule has 2 N–H and O–H groups in total. The lowest BCUT2D eigenvalue weighted by molar-refractivity contribution is -0.141. The number of amides is 2. The molecule has 0 aromatic heterocycles. The maximum absolute atomic E-state index is 12.7. The van der Waals surface area contributed by atoms with E-state index in [2.05, 4.69) is 5.32 Å². The number of carboxylic acid groups (broad SMARTS) is 1. The van der Waals surface area contributed by atoms with Crippen LogP contribution in [0.1, 0.15) is 12.0 Å². The van der Waals surface area contributed by atoms with E-state index in [4.69, 9.17) is 9.84 Å². The Labute approximate surface area is 169 Å². The van der Waals surface area contributed by atoms with E-state index in [0.717, 1.165) is 12.1 Å². The summed E-state index contributed by atoms with van der Waals surface area (Å²) in [5, 5.41) is 11.4. The molecule has 158 valence electrons. The minimum atomic E-state index is -4.51. The van der Waals surface area contributed by atoms with Gasteiger partial charge in [0.1, 0.15) is 5.75 Å². The number of benzene rings is 2. The number of alkyl halides is 3. The van der Waals surface area contributed by atoms with E-state index in [0.29, 0.717) is 11.4 Å². The van der Waals surface area contributed by atoms with Gasteiger partial charge in [-0.25, -0.2) is 0 Å². The summed E-state index contributed by atoms with van der Waals surface area (Å²) in [7, 11) is 0. The lowest BCUT2D eigenvalue weighted by Gasteiger charge is -2.16. The normalized spacial score (nSPS) is 16.4. The molecule has 1 aliphatic heterocycles. The van der Waals surface area contributed by atoms with Crippen molar-refractivity contribution in [2.24, 2.45) is 5.92 Å². The number of hydrogen-bond donors (Lipinski definition) is 2. The van der Waals surface area contributed by atoms with Crippen molar-refractivity contribution in [3.8, 4) is 5.75 Å². The first-order valence-electron chi connectivity index (χ1n) is 8.86. The van der Waals surface area contributed by atoms with Crippen LogP contribution in [0.4, 0.5) is 24.5 Å². The number of carboxylic acids is 1. The van der Waals surface area contributed by atoms with E-state index < -0.39 is 36.1 Å². The molecule has 7 nitrogen and oxygen atoms in total. The maximum atomic E-state index is 12.7. The monoisotopic (exact) mass is 422 g/mol. The lowest BCUT2D eigenvalue weighted by atomic mass is 10.1. The van der Waals surface area contributed by atoms with Crippen molar-refractivity contribution >= 4 is 29.2 Å². The zero-order valence-electron chi connectivity index (χ0n) is 15.5. The van der Waals surface area contributed by atoms with Crippen LogP contribution in [-0.2, 0) is 20.6 Å². The zero-order chi connectivity index (χ0) is 21.9. The molecule has 0 aliphatic carbocycles. The molecule has 0 bridgehead atoms. The number of carbonyl (C=O) groups is 3. The van der Waals surface area contributed by atoms with Crippen molar-refractivity contribution in [2.45, 2.75) is 12.6 Å². The van der Waals surface area contributed by atoms with Gasteiger partial charge in [-0.2, -0.15) is 13.2 Å². The van der Waals surface area contributed by atoms with E-state index in [1.54, 1.807) is 12.1 Å². The number of hydrogen-bond acceptors (Lipinski definition) is 4. The molecule has 3 rings (SSSR count). The van der Waals surface area contributed by atoms with Crippen molar-refractivity contribution < 1.29 is 37.4 Å². The van der Waals surface area contributed by atoms with Gasteiger partial charge >= 0.3 is 12.1 Å². The van der Waals surface area contributed by atoms with Gasteiger partial charge in [0, 0.05) is 24.3 Å². The van der Waals surface area contributed by atoms with Crippen molar-refractivity contribution in [1.29, 1.82) is 0 Å². The molecule has 0 radical (unpaired) electrons. The van der Waals surface area contributed by atoms with E-state index >= 15 is 0 Å². The molecule has 2 aromatic rings. The van der Waals surface area contributed by atoms with Crippen molar-refractivity contribution in [1.82, 2.24) is 0 Å². The molecular formula is C20H17F3N2O5. The fourth-order valence-electron chi connectivity index (χ4n) is 2.96. The molecule has 1 aliphatic rings. The number of halogens is 3. The van der Waals surface area contributed by atoms with Gasteiger partial charge < -0.3 is 20.1 Å². The van der Waals surface area contributed by atoms with E-state index in [1.807, 2.05) is 0 Å². The number of rotatable bonds is 6. The highest BCUT2D eigenvalue weighted by Gasteiger charge is 2.35. The third-order valence-corrected chi connectivity index (χ3v) is 4.47. The Morgan fingerprint density at radius 2 is 1.87 bits per heavy atom.